The number of rotatable bonds is 12. The molecule has 0 aromatic heterocycles. The summed E-state index contributed by atoms with van der Waals surface area (Å²) in [7, 11) is -3.71. The molecule has 3 aromatic carbocycles. The summed E-state index contributed by atoms with van der Waals surface area (Å²) in [5.74, 6) is -0.464. The quantitative estimate of drug-likeness (QED) is 0.169. The number of aryl methyl sites for hydroxylation is 1. The highest BCUT2D eigenvalue weighted by Crippen LogP contribution is 2.42. The van der Waals surface area contributed by atoms with E-state index in [2.05, 4.69) is 45.0 Å². The molecule has 1 aliphatic heterocycles. The van der Waals surface area contributed by atoms with Gasteiger partial charge in [0.15, 0.2) is 0 Å². The number of carbonyl (C=O) groups is 1. The first-order chi connectivity index (χ1) is 20.8. The number of benzene rings is 3. The lowest BCUT2D eigenvalue weighted by Gasteiger charge is -2.45. The molecule has 0 saturated carbocycles. The third kappa shape index (κ3) is 7.03. The fourth-order valence-corrected chi connectivity index (χ4v) is 11.8. The normalized spacial score (nSPS) is 22.5. The maximum Gasteiger partial charge on any atom is 0.303 e. The SMILES string of the molecule is B[C@@H]1O[C@](CCOS(=O)(=O)c2ccc(C)cc2)(CO[Si](c2ccccc2)(c2ccccc2)C(C)(C)C)[C@@H](OC)[C@H]1OC(C)=O. The Bertz CT molecular complexity index is 1460. The second kappa shape index (κ2) is 13.7. The summed E-state index contributed by atoms with van der Waals surface area (Å²) in [6, 6.07) is 26.4. The van der Waals surface area contributed by atoms with Crippen LogP contribution in [0.1, 0.15) is 39.7 Å². The maximum absolute atomic E-state index is 13.1. The van der Waals surface area contributed by atoms with E-state index in [9.17, 15) is 13.2 Å². The summed E-state index contributed by atoms with van der Waals surface area (Å²) in [5.41, 5.74) is -0.249. The number of hydrogen-bond acceptors (Lipinski definition) is 8. The van der Waals surface area contributed by atoms with E-state index in [-0.39, 0.29) is 29.6 Å². The number of esters is 1. The van der Waals surface area contributed by atoms with Crippen LogP contribution in [0.5, 0.6) is 0 Å². The van der Waals surface area contributed by atoms with Crippen LogP contribution < -0.4 is 10.4 Å². The summed E-state index contributed by atoms with van der Waals surface area (Å²) < 4.78 is 57.2. The predicted molar refractivity (Wildman–Crippen MR) is 175 cm³/mol. The predicted octanol–water partition coefficient (Wildman–Crippen LogP) is 3.34. The van der Waals surface area contributed by atoms with Crippen LogP contribution in [0, 0.1) is 6.92 Å². The third-order valence-electron chi connectivity index (χ3n) is 8.28. The molecule has 0 unspecified atom stereocenters. The molecule has 0 bridgehead atoms. The summed E-state index contributed by atoms with van der Waals surface area (Å²) in [5, 5.41) is 1.86. The van der Waals surface area contributed by atoms with Crippen molar-refractivity contribution in [1.29, 1.82) is 0 Å². The van der Waals surface area contributed by atoms with E-state index in [0.717, 1.165) is 15.9 Å². The summed E-state index contributed by atoms with van der Waals surface area (Å²) in [6.45, 7) is 9.62. The van der Waals surface area contributed by atoms with Gasteiger partial charge in [-0.05, 0) is 34.5 Å². The second-order valence-electron chi connectivity index (χ2n) is 12.4. The Labute approximate surface area is 263 Å². The largest absolute Gasteiger partial charge is 0.458 e. The van der Waals surface area contributed by atoms with Crippen LogP contribution in [0.15, 0.2) is 89.8 Å². The standard InChI is InChI=1S/C33H43BO8SSi/c1-24-17-19-26(20-18-24)43(36,37)39-22-21-33(30(38-6)29(31(34)42-33)41-25(2)35)23-40-44(32(3,4)5,27-13-9-7-10-14-27)28-15-11-8-12-16-28/h7-20,29-31H,21-23,34H2,1-6H3/t29-,30+,31-,33-/m1/s1. The van der Waals surface area contributed by atoms with Gasteiger partial charge in [-0.25, -0.2) is 0 Å². The minimum Gasteiger partial charge on any atom is -0.458 e. The summed E-state index contributed by atoms with van der Waals surface area (Å²) in [4.78, 5) is 12.2. The molecule has 0 spiro atoms. The fraction of sp³-hybridized carbons (Fsp3) is 0.424. The molecule has 1 saturated heterocycles. The Morgan fingerprint density at radius 2 is 1.50 bits per heavy atom. The summed E-state index contributed by atoms with van der Waals surface area (Å²) in [6.07, 6.45) is -1.36. The zero-order valence-corrected chi connectivity index (χ0v) is 28.4. The van der Waals surface area contributed by atoms with Crippen LogP contribution in [-0.2, 0) is 37.7 Å². The van der Waals surface area contributed by atoms with Crippen LogP contribution in [0.25, 0.3) is 0 Å². The van der Waals surface area contributed by atoms with Gasteiger partial charge < -0.3 is 18.6 Å². The number of methoxy groups -OCH3 is 1. The van der Waals surface area contributed by atoms with Gasteiger partial charge in [-0.3, -0.25) is 8.98 Å². The van der Waals surface area contributed by atoms with E-state index in [1.807, 2.05) is 51.2 Å². The lowest BCUT2D eigenvalue weighted by molar-refractivity contribution is -0.154. The van der Waals surface area contributed by atoms with Crippen molar-refractivity contribution in [2.45, 2.75) is 74.8 Å². The molecular weight excluding hydrogens is 595 g/mol. The minimum atomic E-state index is -4.03. The Kier molecular flexibility index (Phi) is 10.6. The minimum absolute atomic E-state index is 0.0504. The Balaban J connectivity index is 1.74. The van der Waals surface area contributed by atoms with E-state index >= 15 is 0 Å². The lowest BCUT2D eigenvalue weighted by Crippen LogP contribution is -2.68. The molecule has 4 rings (SSSR count). The highest BCUT2D eigenvalue weighted by atomic mass is 32.2. The van der Waals surface area contributed by atoms with Crippen LogP contribution in [0.2, 0.25) is 5.04 Å². The Morgan fingerprint density at radius 1 is 0.955 bits per heavy atom. The first kappa shape index (κ1) is 34.1. The van der Waals surface area contributed by atoms with Gasteiger partial charge >= 0.3 is 5.97 Å². The maximum atomic E-state index is 13.1. The van der Waals surface area contributed by atoms with Crippen LogP contribution in [-0.4, -0.2) is 74.7 Å². The molecule has 0 radical (unpaired) electrons. The number of carbonyl (C=O) groups excluding carboxylic acids is 1. The molecule has 3 aromatic rings. The van der Waals surface area contributed by atoms with Crippen molar-refractivity contribution in [2.75, 3.05) is 20.3 Å². The van der Waals surface area contributed by atoms with Crippen molar-refractivity contribution < 1.29 is 36.0 Å². The van der Waals surface area contributed by atoms with Crippen molar-refractivity contribution in [1.82, 2.24) is 0 Å². The smallest absolute Gasteiger partial charge is 0.303 e. The monoisotopic (exact) mass is 638 g/mol. The highest BCUT2D eigenvalue weighted by Gasteiger charge is 2.58. The van der Waals surface area contributed by atoms with Crippen molar-refractivity contribution >= 4 is 42.6 Å². The Morgan fingerprint density at radius 3 is 1.98 bits per heavy atom. The van der Waals surface area contributed by atoms with Gasteiger partial charge in [-0.2, -0.15) is 8.42 Å². The fourth-order valence-electron chi connectivity index (χ4n) is 6.23. The van der Waals surface area contributed by atoms with E-state index in [1.54, 1.807) is 12.1 Å². The van der Waals surface area contributed by atoms with Crippen molar-refractivity contribution in [3.63, 3.8) is 0 Å². The molecule has 0 amide bonds. The molecule has 11 heteroatoms. The molecule has 1 aliphatic rings. The van der Waals surface area contributed by atoms with Gasteiger partial charge in [-0.1, -0.05) is 99.1 Å². The van der Waals surface area contributed by atoms with Gasteiger partial charge in [0.2, 0.25) is 0 Å². The highest BCUT2D eigenvalue weighted by molar-refractivity contribution is 7.86. The topological polar surface area (TPSA) is 97.4 Å². The van der Waals surface area contributed by atoms with Gasteiger partial charge in [0.1, 0.15) is 25.7 Å². The van der Waals surface area contributed by atoms with E-state index in [1.165, 1.54) is 26.2 Å². The molecule has 1 fully saturated rings. The lowest BCUT2D eigenvalue weighted by atomic mass is 9.87. The molecule has 0 N–H and O–H groups in total. The van der Waals surface area contributed by atoms with Crippen LogP contribution in [0.4, 0.5) is 0 Å². The van der Waals surface area contributed by atoms with E-state index in [4.69, 9.17) is 22.8 Å². The Hall–Kier alpha value is -2.80. The molecule has 0 aliphatic carbocycles. The average molecular weight is 639 g/mol. The second-order valence-corrected chi connectivity index (χ2v) is 18.3. The van der Waals surface area contributed by atoms with E-state index in [0.29, 0.717) is 0 Å². The third-order valence-corrected chi connectivity index (χ3v) is 14.6. The van der Waals surface area contributed by atoms with Gasteiger partial charge in [0.25, 0.3) is 18.4 Å². The zero-order chi connectivity index (χ0) is 32.2. The molecule has 1 heterocycles. The summed E-state index contributed by atoms with van der Waals surface area (Å²) >= 11 is 0. The van der Waals surface area contributed by atoms with Gasteiger partial charge in [0, 0.05) is 20.5 Å². The first-order valence-electron chi connectivity index (χ1n) is 14.8. The molecule has 8 nitrogen and oxygen atoms in total. The van der Waals surface area contributed by atoms with Crippen molar-refractivity contribution in [3.8, 4) is 0 Å². The van der Waals surface area contributed by atoms with Gasteiger partial charge in [0.05, 0.1) is 24.1 Å². The molecule has 4 atom stereocenters. The number of ether oxygens (including phenoxy) is 3. The van der Waals surface area contributed by atoms with Gasteiger partial charge in [-0.15, -0.1) is 0 Å². The molecule has 236 valence electrons. The van der Waals surface area contributed by atoms with Crippen LogP contribution in [0.3, 0.4) is 0 Å². The van der Waals surface area contributed by atoms with Crippen LogP contribution >= 0.6 is 0 Å². The number of hydrogen-bond donors (Lipinski definition) is 0. The van der Waals surface area contributed by atoms with Crippen molar-refractivity contribution in [2.24, 2.45) is 0 Å². The zero-order valence-electron chi connectivity index (χ0n) is 26.6. The molecule has 44 heavy (non-hydrogen) atoms. The average Bonchev–Trinajstić information content (AvgIpc) is 3.23. The molecular formula is C33H43BO8SSi. The van der Waals surface area contributed by atoms with Crippen molar-refractivity contribution in [3.05, 3.63) is 90.5 Å². The van der Waals surface area contributed by atoms with E-state index < -0.39 is 48.2 Å². The first-order valence-corrected chi connectivity index (χ1v) is 18.2.